The van der Waals surface area contributed by atoms with Gasteiger partial charge in [0.15, 0.2) is 0 Å². The van der Waals surface area contributed by atoms with E-state index in [1.807, 2.05) is 6.92 Å². The van der Waals surface area contributed by atoms with Crippen LogP contribution >= 0.6 is 23.2 Å². The van der Waals surface area contributed by atoms with Gasteiger partial charge >= 0.3 is 0 Å². The maximum atomic E-state index is 12.0. The fourth-order valence-electron chi connectivity index (χ4n) is 2.06. The highest BCUT2D eigenvalue weighted by atomic mass is 35.5. The van der Waals surface area contributed by atoms with Gasteiger partial charge in [-0.05, 0) is 30.8 Å². The van der Waals surface area contributed by atoms with Gasteiger partial charge in [-0.2, -0.15) is 0 Å². The van der Waals surface area contributed by atoms with Crippen molar-refractivity contribution in [1.82, 2.24) is 5.32 Å². The average molecular weight is 264 g/mol. The summed E-state index contributed by atoms with van der Waals surface area (Å²) >= 11 is 11.3. The van der Waals surface area contributed by atoms with Crippen molar-refractivity contribution >= 4 is 29.1 Å². The zero-order valence-corrected chi connectivity index (χ0v) is 11.7. The number of nitrogens with one attached hydrogen (secondary N) is 1. The predicted octanol–water partition coefficient (Wildman–Crippen LogP) is 3.49. The summed E-state index contributed by atoms with van der Waals surface area (Å²) in [5.41, 5.74) is -0.0351. The molecule has 0 unspecified atom stereocenters. The molecule has 0 aromatic heterocycles. The molecule has 0 heterocycles. The van der Waals surface area contributed by atoms with Crippen molar-refractivity contribution in [2.24, 2.45) is 17.3 Å². The molecule has 1 rings (SSSR count). The lowest BCUT2D eigenvalue weighted by Gasteiger charge is -2.11. The summed E-state index contributed by atoms with van der Waals surface area (Å²) in [5, 5.41) is 3.00. The first-order chi connectivity index (χ1) is 7.30. The van der Waals surface area contributed by atoms with E-state index >= 15 is 0 Å². The molecule has 16 heavy (non-hydrogen) atoms. The summed E-state index contributed by atoms with van der Waals surface area (Å²) in [5.74, 6) is 0.255. The van der Waals surface area contributed by atoms with Crippen molar-refractivity contribution in [1.29, 1.82) is 0 Å². The lowest BCUT2D eigenvalue weighted by atomic mass is 10.1. The van der Waals surface area contributed by atoms with Crippen LogP contribution < -0.4 is 5.32 Å². The number of hydrogen-bond acceptors (Lipinski definition) is 1. The Morgan fingerprint density at radius 3 is 2.50 bits per heavy atom. The zero-order valence-electron chi connectivity index (χ0n) is 10.2. The van der Waals surface area contributed by atoms with Crippen molar-refractivity contribution < 1.29 is 4.79 Å². The van der Waals surface area contributed by atoms with Crippen molar-refractivity contribution in [2.45, 2.75) is 40.2 Å². The molecule has 1 aliphatic carbocycles. The monoisotopic (exact) mass is 263 g/mol. The van der Waals surface area contributed by atoms with E-state index in [4.69, 9.17) is 23.2 Å². The van der Waals surface area contributed by atoms with Crippen molar-refractivity contribution in [3.8, 4) is 0 Å². The smallest absolute Gasteiger partial charge is 0.224 e. The Balaban J connectivity index is 2.63. The summed E-state index contributed by atoms with van der Waals surface area (Å²) in [4.78, 5) is 12.0. The first-order valence-corrected chi connectivity index (χ1v) is 6.39. The van der Waals surface area contributed by atoms with Gasteiger partial charge in [-0.25, -0.2) is 0 Å². The van der Waals surface area contributed by atoms with Gasteiger partial charge in [-0.3, -0.25) is 4.79 Å². The fraction of sp³-hybridized carbons (Fsp3) is 0.750. The number of rotatable bonds is 4. The van der Waals surface area contributed by atoms with Crippen LogP contribution in [0.2, 0.25) is 0 Å². The largest absolute Gasteiger partial charge is 0.353 e. The van der Waals surface area contributed by atoms with E-state index in [0.29, 0.717) is 0 Å². The normalized spacial score (nSPS) is 28.1. The number of hydrogen-bond donors (Lipinski definition) is 1. The van der Waals surface area contributed by atoms with E-state index < -0.39 is 0 Å². The predicted molar refractivity (Wildman–Crippen MR) is 68.4 cm³/mol. The van der Waals surface area contributed by atoms with Crippen molar-refractivity contribution in [3.05, 3.63) is 10.6 Å². The third-order valence-corrected chi connectivity index (χ3v) is 3.75. The van der Waals surface area contributed by atoms with Crippen LogP contribution in [0.4, 0.5) is 0 Å². The van der Waals surface area contributed by atoms with Gasteiger partial charge < -0.3 is 5.32 Å². The molecule has 1 amide bonds. The molecule has 0 aromatic carbocycles. The minimum Gasteiger partial charge on any atom is -0.353 e. The summed E-state index contributed by atoms with van der Waals surface area (Å²) in [6.45, 7) is 8.18. The van der Waals surface area contributed by atoms with E-state index in [0.717, 1.165) is 6.42 Å². The third-order valence-electron chi connectivity index (χ3n) is 3.50. The molecular formula is C12H19Cl2NO. The molecule has 1 saturated carbocycles. The van der Waals surface area contributed by atoms with Crippen LogP contribution in [-0.2, 0) is 4.79 Å². The molecule has 0 aliphatic heterocycles. The Hall–Kier alpha value is -0.210. The highest BCUT2D eigenvalue weighted by Gasteiger charge is 2.60. The van der Waals surface area contributed by atoms with Gasteiger partial charge in [0.25, 0.3) is 0 Å². The van der Waals surface area contributed by atoms with Crippen LogP contribution in [0, 0.1) is 17.3 Å². The topological polar surface area (TPSA) is 29.1 Å². The number of halogens is 2. The van der Waals surface area contributed by atoms with E-state index in [1.165, 1.54) is 0 Å². The molecule has 0 radical (unpaired) electrons. The Bertz CT molecular complexity index is 308. The average Bonchev–Trinajstić information content (AvgIpc) is 2.66. The van der Waals surface area contributed by atoms with Gasteiger partial charge in [0.2, 0.25) is 5.91 Å². The Kier molecular flexibility index (Phi) is 4.30. The lowest BCUT2D eigenvalue weighted by molar-refractivity contribution is -0.123. The summed E-state index contributed by atoms with van der Waals surface area (Å²) in [6.07, 6.45) is 2.71. The number of allylic oxidation sites excluding steroid dienone is 1. The highest BCUT2D eigenvalue weighted by molar-refractivity contribution is 6.55. The molecule has 1 aliphatic rings. The van der Waals surface area contributed by atoms with Gasteiger partial charge in [0, 0.05) is 6.04 Å². The number of carbonyl (C=O) groups excluding carboxylic acids is 1. The van der Waals surface area contributed by atoms with E-state index in [9.17, 15) is 4.79 Å². The SMILES string of the molecule is CC[C@@H](C)NC(=O)[C@H]1[C@H](C=C(Cl)Cl)C1(C)C. The van der Waals surface area contributed by atoms with E-state index in [1.54, 1.807) is 6.08 Å². The van der Waals surface area contributed by atoms with Crippen molar-refractivity contribution in [2.75, 3.05) is 0 Å². The van der Waals surface area contributed by atoms with Gasteiger partial charge in [-0.15, -0.1) is 0 Å². The number of amides is 1. The molecule has 3 atom stereocenters. The Morgan fingerprint density at radius 1 is 1.50 bits per heavy atom. The van der Waals surface area contributed by atoms with Gasteiger partial charge in [0.1, 0.15) is 4.49 Å². The van der Waals surface area contributed by atoms with E-state index in [2.05, 4.69) is 26.1 Å². The van der Waals surface area contributed by atoms with Crippen LogP contribution in [0.25, 0.3) is 0 Å². The molecule has 0 saturated heterocycles. The van der Waals surface area contributed by atoms with Gasteiger partial charge in [-0.1, -0.05) is 44.0 Å². The Labute approximate surface area is 107 Å². The molecular weight excluding hydrogens is 245 g/mol. The quantitative estimate of drug-likeness (QED) is 0.827. The van der Waals surface area contributed by atoms with Gasteiger partial charge in [0.05, 0.1) is 5.92 Å². The lowest BCUT2D eigenvalue weighted by Crippen LogP contribution is -2.34. The second-order valence-electron chi connectivity index (χ2n) is 5.10. The summed E-state index contributed by atoms with van der Waals surface area (Å²) in [7, 11) is 0. The Morgan fingerprint density at radius 2 is 2.06 bits per heavy atom. The summed E-state index contributed by atoms with van der Waals surface area (Å²) < 4.78 is 0.247. The molecule has 2 nitrogen and oxygen atoms in total. The molecule has 0 spiro atoms. The van der Waals surface area contributed by atoms with E-state index in [-0.39, 0.29) is 33.7 Å². The maximum Gasteiger partial charge on any atom is 0.224 e. The highest BCUT2D eigenvalue weighted by Crippen LogP contribution is 2.59. The minimum atomic E-state index is -0.0351. The zero-order chi connectivity index (χ0) is 12.5. The molecule has 0 aromatic rings. The third kappa shape index (κ3) is 2.92. The second-order valence-corrected chi connectivity index (χ2v) is 6.11. The van der Waals surface area contributed by atoms with Crippen LogP contribution in [0.5, 0.6) is 0 Å². The van der Waals surface area contributed by atoms with Crippen molar-refractivity contribution in [3.63, 3.8) is 0 Å². The number of carbonyl (C=O) groups is 1. The molecule has 4 heteroatoms. The minimum absolute atomic E-state index is 0.00556. The molecule has 0 bridgehead atoms. The fourth-order valence-corrected chi connectivity index (χ4v) is 2.33. The second kappa shape index (κ2) is 4.97. The molecule has 92 valence electrons. The first kappa shape index (κ1) is 13.9. The molecule has 1 N–H and O–H groups in total. The van der Waals surface area contributed by atoms with Crippen LogP contribution in [0.15, 0.2) is 10.6 Å². The van der Waals surface area contributed by atoms with Crippen LogP contribution in [0.1, 0.15) is 34.1 Å². The summed E-state index contributed by atoms with van der Waals surface area (Å²) in [6, 6.07) is 0.222. The van der Waals surface area contributed by atoms with Crippen LogP contribution in [-0.4, -0.2) is 11.9 Å². The molecule has 1 fully saturated rings. The van der Waals surface area contributed by atoms with Crippen LogP contribution in [0.3, 0.4) is 0 Å². The maximum absolute atomic E-state index is 12.0. The first-order valence-electron chi connectivity index (χ1n) is 5.63. The standard InChI is InChI=1S/C12H19Cl2NO/c1-5-7(2)15-11(16)10-8(6-9(13)14)12(10,3)4/h6-8,10H,5H2,1-4H3,(H,15,16)/t7-,8+,10-/m1/s1.